The molecule has 1 amide bonds. The molecular weight excluding hydrogens is 384 g/mol. The van der Waals surface area contributed by atoms with Crippen molar-refractivity contribution in [2.24, 2.45) is 0 Å². The van der Waals surface area contributed by atoms with Crippen LogP contribution < -0.4 is 4.74 Å². The molecule has 2 saturated heterocycles. The van der Waals surface area contributed by atoms with Crippen LogP contribution in [-0.4, -0.2) is 48.5 Å². The Balaban J connectivity index is 1.55. The van der Waals surface area contributed by atoms with Crippen molar-refractivity contribution in [3.63, 3.8) is 0 Å². The van der Waals surface area contributed by atoms with Gasteiger partial charge in [0, 0.05) is 18.4 Å². The molecule has 2 heterocycles. The van der Waals surface area contributed by atoms with Crippen molar-refractivity contribution >= 4 is 6.09 Å². The van der Waals surface area contributed by atoms with E-state index in [1.165, 1.54) is 7.11 Å². The summed E-state index contributed by atoms with van der Waals surface area (Å²) in [5.41, 5.74) is 0.704. The molecule has 0 radical (unpaired) electrons. The first kappa shape index (κ1) is 20.2. The molecule has 30 heavy (non-hydrogen) atoms. The fraction of sp³-hybridized carbons (Fsp3) is 0.391. The molecule has 0 aromatic heterocycles. The van der Waals surface area contributed by atoms with Gasteiger partial charge in [-0.1, -0.05) is 30.3 Å². The van der Waals surface area contributed by atoms with Crippen molar-refractivity contribution < 1.29 is 24.1 Å². The van der Waals surface area contributed by atoms with E-state index in [2.05, 4.69) is 6.07 Å². The van der Waals surface area contributed by atoms with Crippen LogP contribution in [0.25, 0.3) is 0 Å². The molecule has 7 heteroatoms. The van der Waals surface area contributed by atoms with Gasteiger partial charge in [0.1, 0.15) is 12.4 Å². The van der Waals surface area contributed by atoms with Crippen molar-refractivity contribution in [2.45, 2.75) is 37.1 Å². The Labute approximate surface area is 175 Å². The van der Waals surface area contributed by atoms with Gasteiger partial charge < -0.3 is 19.3 Å². The molecule has 4 rings (SSSR count). The van der Waals surface area contributed by atoms with Gasteiger partial charge in [0.05, 0.1) is 49.6 Å². The van der Waals surface area contributed by atoms with Crippen LogP contribution in [0.1, 0.15) is 29.5 Å². The van der Waals surface area contributed by atoms with Crippen LogP contribution in [0, 0.1) is 11.3 Å². The molecule has 7 nitrogen and oxygen atoms in total. The van der Waals surface area contributed by atoms with Crippen LogP contribution in [0.3, 0.4) is 0 Å². The molecule has 1 N–H and O–H groups in total. The van der Waals surface area contributed by atoms with Crippen LogP contribution in [0.15, 0.2) is 48.5 Å². The molecule has 0 saturated carbocycles. The lowest BCUT2D eigenvalue weighted by Gasteiger charge is -2.51. The minimum absolute atomic E-state index is 0.193. The third kappa shape index (κ3) is 3.84. The zero-order valence-corrected chi connectivity index (χ0v) is 16.8. The van der Waals surface area contributed by atoms with Crippen LogP contribution in [0.2, 0.25) is 0 Å². The highest BCUT2D eigenvalue weighted by Gasteiger charge is 2.50. The third-order valence-corrected chi connectivity index (χ3v) is 5.80. The summed E-state index contributed by atoms with van der Waals surface area (Å²) in [6.45, 7) is 0.831. The standard InChI is InChI=1S/C23H24N2O5/c1-28-21-8-7-17(12-24)9-20(21)23(27)10-18-14-29-15-19(11-23)25(18)22(26)30-13-16-5-3-2-4-6-16/h2-9,18-19,27H,10-11,13-15H2,1H3. The highest BCUT2D eigenvalue weighted by atomic mass is 16.6. The van der Waals surface area contributed by atoms with E-state index < -0.39 is 11.7 Å². The average Bonchev–Trinajstić information content (AvgIpc) is 2.77. The average molecular weight is 408 g/mol. The highest BCUT2D eigenvalue weighted by molar-refractivity contribution is 5.69. The Hall–Kier alpha value is -3.08. The molecule has 2 atom stereocenters. The van der Waals surface area contributed by atoms with E-state index in [0.29, 0.717) is 30.1 Å². The topological polar surface area (TPSA) is 92.0 Å². The second-order valence-electron chi connectivity index (χ2n) is 7.76. The number of amides is 1. The number of fused-ring (bicyclic) bond motifs is 2. The first-order valence-electron chi connectivity index (χ1n) is 9.92. The molecule has 2 aromatic carbocycles. The van der Waals surface area contributed by atoms with E-state index in [-0.39, 0.29) is 31.5 Å². The second-order valence-corrected chi connectivity index (χ2v) is 7.76. The van der Waals surface area contributed by atoms with Gasteiger partial charge in [-0.2, -0.15) is 5.26 Å². The van der Waals surface area contributed by atoms with Crippen LogP contribution in [0.5, 0.6) is 5.75 Å². The summed E-state index contributed by atoms with van der Waals surface area (Å²) in [5, 5.41) is 20.8. The fourth-order valence-electron chi connectivity index (χ4n) is 4.43. The first-order valence-corrected chi connectivity index (χ1v) is 9.92. The largest absolute Gasteiger partial charge is 0.496 e. The number of methoxy groups -OCH3 is 1. The minimum Gasteiger partial charge on any atom is -0.496 e. The molecule has 2 bridgehead atoms. The van der Waals surface area contributed by atoms with Crippen molar-refractivity contribution in [3.8, 4) is 11.8 Å². The van der Waals surface area contributed by atoms with Gasteiger partial charge in [0.15, 0.2) is 0 Å². The number of carbonyl (C=O) groups is 1. The maximum atomic E-state index is 12.9. The number of aliphatic hydroxyl groups is 1. The minimum atomic E-state index is -1.23. The Morgan fingerprint density at radius 1 is 1.23 bits per heavy atom. The van der Waals surface area contributed by atoms with Crippen LogP contribution in [-0.2, 0) is 21.7 Å². The molecule has 2 unspecified atom stereocenters. The maximum Gasteiger partial charge on any atom is 0.410 e. The fourth-order valence-corrected chi connectivity index (χ4v) is 4.43. The molecule has 2 aliphatic heterocycles. The zero-order valence-electron chi connectivity index (χ0n) is 16.8. The maximum absolute atomic E-state index is 12.9. The number of hydrogen-bond donors (Lipinski definition) is 1. The molecule has 2 fully saturated rings. The van der Waals surface area contributed by atoms with Gasteiger partial charge in [0.25, 0.3) is 0 Å². The second kappa shape index (κ2) is 8.34. The predicted octanol–water partition coefficient (Wildman–Crippen LogP) is 2.95. The molecule has 0 aliphatic carbocycles. The van der Waals surface area contributed by atoms with Crippen molar-refractivity contribution in [2.75, 3.05) is 20.3 Å². The number of ether oxygens (including phenoxy) is 3. The SMILES string of the molecule is COc1ccc(C#N)cc1C1(O)CC2COCC(C1)N2C(=O)OCc1ccccc1. The van der Waals surface area contributed by atoms with Gasteiger partial charge in [-0.3, -0.25) is 4.90 Å². The monoisotopic (exact) mass is 408 g/mol. The summed E-state index contributed by atoms with van der Waals surface area (Å²) in [5.74, 6) is 0.524. The zero-order chi connectivity index (χ0) is 21.1. The van der Waals surface area contributed by atoms with Gasteiger partial charge >= 0.3 is 6.09 Å². The van der Waals surface area contributed by atoms with Crippen molar-refractivity contribution in [1.82, 2.24) is 4.90 Å². The molecule has 2 aliphatic rings. The molecular formula is C23H24N2O5. The number of rotatable bonds is 4. The first-order chi connectivity index (χ1) is 14.5. The van der Waals surface area contributed by atoms with Gasteiger partial charge in [-0.15, -0.1) is 0 Å². The third-order valence-electron chi connectivity index (χ3n) is 5.80. The smallest absolute Gasteiger partial charge is 0.410 e. The molecule has 156 valence electrons. The summed E-state index contributed by atoms with van der Waals surface area (Å²) >= 11 is 0. The summed E-state index contributed by atoms with van der Waals surface area (Å²) in [6, 6.07) is 16.0. The Morgan fingerprint density at radius 2 is 1.93 bits per heavy atom. The van der Waals surface area contributed by atoms with Crippen LogP contribution >= 0.6 is 0 Å². The number of carbonyl (C=O) groups excluding carboxylic acids is 1. The van der Waals surface area contributed by atoms with Gasteiger partial charge in [0.2, 0.25) is 0 Å². The van der Waals surface area contributed by atoms with E-state index in [9.17, 15) is 15.2 Å². The summed E-state index contributed by atoms with van der Waals surface area (Å²) in [6.07, 6.45) is 0.140. The normalized spacial score (nSPS) is 25.3. The summed E-state index contributed by atoms with van der Waals surface area (Å²) in [7, 11) is 1.54. The lowest BCUT2D eigenvalue weighted by Crippen LogP contribution is -2.62. The van der Waals surface area contributed by atoms with E-state index in [0.717, 1.165) is 5.56 Å². The Bertz CT molecular complexity index is 942. The highest BCUT2D eigenvalue weighted by Crippen LogP contribution is 2.44. The quantitative estimate of drug-likeness (QED) is 0.836. The summed E-state index contributed by atoms with van der Waals surface area (Å²) in [4.78, 5) is 14.6. The number of nitrogens with zero attached hydrogens (tertiary/aromatic N) is 2. The number of piperidine rings is 1. The predicted molar refractivity (Wildman–Crippen MR) is 108 cm³/mol. The lowest BCUT2D eigenvalue weighted by atomic mass is 9.76. The Kier molecular flexibility index (Phi) is 5.62. The van der Waals surface area contributed by atoms with E-state index in [1.54, 1.807) is 23.1 Å². The number of nitriles is 1. The number of hydrogen-bond acceptors (Lipinski definition) is 6. The van der Waals surface area contributed by atoms with Gasteiger partial charge in [-0.25, -0.2) is 4.79 Å². The lowest BCUT2D eigenvalue weighted by molar-refractivity contribution is -0.137. The van der Waals surface area contributed by atoms with E-state index in [1.807, 2.05) is 30.3 Å². The summed E-state index contributed by atoms with van der Waals surface area (Å²) < 4.78 is 16.6. The van der Waals surface area contributed by atoms with E-state index >= 15 is 0 Å². The Morgan fingerprint density at radius 3 is 2.57 bits per heavy atom. The van der Waals surface area contributed by atoms with Crippen LogP contribution in [0.4, 0.5) is 4.79 Å². The van der Waals surface area contributed by atoms with Crippen molar-refractivity contribution in [1.29, 1.82) is 5.26 Å². The molecule has 2 aromatic rings. The molecule has 0 spiro atoms. The number of morpholine rings is 1. The number of benzene rings is 2. The van der Waals surface area contributed by atoms with E-state index in [4.69, 9.17) is 14.2 Å². The van der Waals surface area contributed by atoms with Crippen molar-refractivity contribution in [3.05, 3.63) is 65.2 Å². The van der Waals surface area contributed by atoms with Gasteiger partial charge in [-0.05, 0) is 23.8 Å².